The lowest BCUT2D eigenvalue weighted by Gasteiger charge is -2.19. The maximum Gasteiger partial charge on any atom is 0.306 e. The first-order valence-electron chi connectivity index (χ1n) is 47.3. The Balaban J connectivity index is 0.000000227. The van der Waals surface area contributed by atoms with Gasteiger partial charge in [-0.15, -0.1) is 0 Å². The molecule has 0 radical (unpaired) electrons. The van der Waals surface area contributed by atoms with Gasteiger partial charge in [0.25, 0.3) is 0 Å². The van der Waals surface area contributed by atoms with Crippen molar-refractivity contribution >= 4 is 151 Å². The summed E-state index contributed by atoms with van der Waals surface area (Å²) in [5, 5.41) is 10.5. The predicted octanol–water partition coefficient (Wildman–Crippen LogP) is 24.9. The number of benzene rings is 12. The highest BCUT2D eigenvalue weighted by Crippen LogP contribution is 2.42. The summed E-state index contributed by atoms with van der Waals surface area (Å²) < 4.78 is 131. The number of carbonyl (C=O) groups is 4. The van der Waals surface area contributed by atoms with Gasteiger partial charge in [-0.2, -0.15) is 0 Å². The number of Topliss-reactive ketones (excluding diaryl/α,β-unsaturated/α-hetero) is 2. The van der Waals surface area contributed by atoms with Gasteiger partial charge in [0, 0.05) is 44.2 Å². The molecule has 0 aliphatic carbocycles. The minimum Gasteiger partial charge on any atom is -0.748 e. The van der Waals surface area contributed by atoms with Crippen LogP contribution in [0.15, 0.2) is 296 Å². The summed E-state index contributed by atoms with van der Waals surface area (Å²) in [5.74, 6) is 4.53. The average Bonchev–Trinajstić information content (AvgIpc) is 0.852. The van der Waals surface area contributed by atoms with E-state index in [0.717, 1.165) is 22.6 Å². The maximum absolute atomic E-state index is 11.9. The Morgan fingerprint density at radius 2 is 0.536 bits per heavy atom. The van der Waals surface area contributed by atoms with Crippen LogP contribution in [0.5, 0.6) is 0 Å². The number of hydrogen-bond donors (Lipinski definition) is 0. The SMILES string of the molecule is CC(C)(C)CC(=O)OCCS(=O)(=O)[O-].CC(C)(C)CC(=O)OCCS(=O)(=O)[O-].CC(C)(C)CCS(=O)(=O)[O-].CC(C)(C)CCS(=O)(=O)[O-].CC(C)(C)c1ccc([S+](c2cccc3ccccc23)c2cccc3ccccc23)cc1.CC(C)(C)c1ccc([S+](c2cccc3ccccc23)c2cccc3ccccc23)cc1.Cc1ccc(C(=O)C[S+]2CCCC2)cc1.Cc1ccc(C(=O)C[S+]2CCCC2)cc1. The van der Waals surface area contributed by atoms with Crippen molar-refractivity contribution in [2.75, 3.05) is 70.7 Å². The summed E-state index contributed by atoms with van der Waals surface area (Å²) in [6, 6.07) is 96.4. The van der Waals surface area contributed by atoms with Crippen LogP contribution in [-0.4, -0.2) is 146 Å². The number of carbonyl (C=O) groups excluding carboxylic acids is 4. The van der Waals surface area contributed by atoms with Gasteiger partial charge in [0.2, 0.25) is 11.6 Å². The largest absolute Gasteiger partial charge is 0.748 e. The lowest BCUT2D eigenvalue weighted by molar-refractivity contribution is -0.146. The second kappa shape index (κ2) is 53.5. The highest BCUT2D eigenvalue weighted by molar-refractivity contribution is 7.98. The molecular weight excluding hydrogens is 1910 g/mol. The van der Waals surface area contributed by atoms with E-state index in [4.69, 9.17) is 0 Å². The van der Waals surface area contributed by atoms with Crippen LogP contribution in [0, 0.1) is 35.5 Å². The summed E-state index contributed by atoms with van der Waals surface area (Å²) in [6.45, 7) is 39.6. The Morgan fingerprint density at radius 3 is 0.750 bits per heavy atom. The molecule has 0 N–H and O–H groups in total. The van der Waals surface area contributed by atoms with Gasteiger partial charge in [0.15, 0.2) is 40.9 Å². The molecule has 0 bridgehead atoms. The van der Waals surface area contributed by atoms with Gasteiger partial charge in [0.05, 0.1) is 64.8 Å². The fraction of sp³-hybridized carbons (Fsp3) is 0.404. The van der Waals surface area contributed by atoms with E-state index >= 15 is 0 Å². The van der Waals surface area contributed by atoms with Gasteiger partial charge in [-0.1, -0.05) is 330 Å². The topological polar surface area (TPSA) is 316 Å². The highest BCUT2D eigenvalue weighted by Gasteiger charge is 2.36. The zero-order chi connectivity index (χ0) is 104. The molecule has 0 saturated carbocycles. The van der Waals surface area contributed by atoms with Crippen molar-refractivity contribution in [2.24, 2.45) is 21.7 Å². The van der Waals surface area contributed by atoms with Crippen molar-refractivity contribution in [3.05, 3.63) is 300 Å². The molecule has 2 aliphatic heterocycles. The maximum atomic E-state index is 11.9. The summed E-state index contributed by atoms with van der Waals surface area (Å²) >= 11 is 0. The van der Waals surface area contributed by atoms with Crippen LogP contribution in [0.1, 0.15) is 219 Å². The second-order valence-corrected chi connectivity index (χ2v) is 56.7. The van der Waals surface area contributed by atoms with Gasteiger partial charge >= 0.3 is 11.9 Å². The van der Waals surface area contributed by atoms with Crippen LogP contribution < -0.4 is 0 Å². The van der Waals surface area contributed by atoms with E-state index in [0.29, 0.717) is 46.2 Å². The van der Waals surface area contributed by atoms with Crippen LogP contribution in [0.2, 0.25) is 0 Å². The first-order valence-corrected chi connectivity index (χ1v) is 59.5. The van der Waals surface area contributed by atoms with Crippen LogP contribution >= 0.6 is 0 Å². The molecule has 12 aromatic carbocycles. The van der Waals surface area contributed by atoms with E-state index in [1.807, 2.05) is 145 Å². The first-order chi connectivity index (χ1) is 65.2. The molecule has 140 heavy (non-hydrogen) atoms. The Labute approximate surface area is 847 Å². The van der Waals surface area contributed by atoms with Crippen molar-refractivity contribution in [2.45, 2.75) is 230 Å². The number of aryl methyl sites for hydroxylation is 2. The van der Waals surface area contributed by atoms with Crippen LogP contribution in [-0.2, 0) is 114 Å². The second-order valence-electron chi connectivity index (χ2n) is 42.0. The van der Waals surface area contributed by atoms with Crippen molar-refractivity contribution in [1.82, 2.24) is 0 Å². The minimum absolute atomic E-state index is 0.0719. The molecule has 0 aromatic heterocycles. The third kappa shape index (κ3) is 44.1. The number of esters is 2. The predicted molar refractivity (Wildman–Crippen MR) is 580 cm³/mol. The molecule has 756 valence electrons. The summed E-state index contributed by atoms with van der Waals surface area (Å²) in [7, 11) is -16.2. The first kappa shape index (κ1) is 118. The molecule has 26 heteroatoms. The smallest absolute Gasteiger partial charge is 0.306 e. The van der Waals surface area contributed by atoms with E-state index in [-0.39, 0.29) is 91.8 Å². The zero-order valence-electron chi connectivity index (χ0n) is 85.2. The van der Waals surface area contributed by atoms with Gasteiger partial charge in [-0.3, -0.25) is 19.2 Å². The molecular formula is C114H144O18S8. The molecule has 2 saturated heterocycles. The third-order valence-corrected chi connectivity index (χ3v) is 34.4. The summed E-state index contributed by atoms with van der Waals surface area (Å²) in [6.07, 6.45) is 6.55. The van der Waals surface area contributed by atoms with Crippen LogP contribution in [0.4, 0.5) is 0 Å². The molecule has 0 spiro atoms. The molecule has 12 aromatic rings. The Bertz CT molecular complexity index is 5920. The number of fused-ring (bicyclic) bond motifs is 4. The number of rotatable bonds is 24. The summed E-state index contributed by atoms with van der Waals surface area (Å²) in [5.41, 5.74) is 6.71. The zero-order valence-corrected chi connectivity index (χ0v) is 91.7. The van der Waals surface area contributed by atoms with Crippen molar-refractivity contribution in [1.29, 1.82) is 0 Å². The number of ketones is 2. The minimum atomic E-state index is -4.29. The molecule has 0 unspecified atom stereocenters. The van der Waals surface area contributed by atoms with E-state index in [1.165, 1.54) is 143 Å². The van der Waals surface area contributed by atoms with Gasteiger partial charge < -0.3 is 27.7 Å². The highest BCUT2D eigenvalue weighted by atomic mass is 32.2. The molecule has 2 heterocycles. The Hall–Kier alpha value is -9.00. The fourth-order valence-corrected chi connectivity index (χ4v) is 26.1. The lowest BCUT2D eigenvalue weighted by Crippen LogP contribution is -2.19. The summed E-state index contributed by atoms with van der Waals surface area (Å²) in [4.78, 5) is 54.2. The quantitative estimate of drug-likeness (QED) is 0.0235. The number of ether oxygens (including phenoxy) is 2. The molecule has 14 rings (SSSR count). The van der Waals surface area contributed by atoms with Gasteiger partial charge in [0.1, 0.15) is 58.0 Å². The van der Waals surface area contributed by atoms with E-state index in [1.54, 1.807) is 0 Å². The Morgan fingerprint density at radius 1 is 0.300 bits per heavy atom. The molecule has 2 aliphatic rings. The molecule has 0 atom stereocenters. The van der Waals surface area contributed by atoms with Gasteiger partial charge in [-0.05, 0) is 212 Å². The lowest BCUT2D eigenvalue weighted by atomic mass is 9.87. The third-order valence-electron chi connectivity index (χ3n) is 22.2. The van der Waals surface area contributed by atoms with Crippen molar-refractivity contribution < 1.29 is 80.5 Å². The Kier molecular flexibility index (Phi) is 45.1. The van der Waals surface area contributed by atoms with E-state index in [2.05, 4.69) is 269 Å². The molecule has 18 nitrogen and oxygen atoms in total. The normalized spacial score (nSPS) is 13.4. The van der Waals surface area contributed by atoms with Crippen molar-refractivity contribution in [3.8, 4) is 0 Å². The van der Waals surface area contributed by atoms with Crippen LogP contribution in [0.25, 0.3) is 43.1 Å². The molecule has 2 fully saturated rings. The van der Waals surface area contributed by atoms with Gasteiger partial charge in [-0.25, -0.2) is 33.7 Å². The van der Waals surface area contributed by atoms with Crippen molar-refractivity contribution in [3.63, 3.8) is 0 Å². The average molecular weight is 2060 g/mol. The van der Waals surface area contributed by atoms with Crippen LogP contribution in [0.3, 0.4) is 0 Å². The molecule has 0 amide bonds. The monoisotopic (exact) mass is 2060 g/mol. The van der Waals surface area contributed by atoms with E-state index in [9.17, 15) is 71.1 Å². The number of hydrogen-bond acceptors (Lipinski definition) is 18. The van der Waals surface area contributed by atoms with E-state index < -0.39 is 63.9 Å². The fourth-order valence-electron chi connectivity index (χ4n) is 14.5. The standard InChI is InChI=1S/2C30H27S.2C13H17OS.2C8H16O5S.2C6H14O3S/c2*1-30(2,3)24-18-20-25(21-19-24)31(28-16-8-12-22-10-4-6-14-26(22)28)29-17-9-13-23-11-5-7-15-27(23)29;2*1-11-4-6-12(7-5-11)13(14)10-15-8-2-3-9-15;2*1-8(2,3)6-7(9)13-4-5-14(10,11)12;2*1-6(2,3)4-5-10(7,8)9/h2*4-21H,1-3H3;2*4-7H,2-3,8-10H2,1H3;2*4-6H2,1-3H3,(H,10,11,12);2*4-5H2,1-3H3,(H,7,8,9)/q4*+1;;;;/p-4.